The van der Waals surface area contributed by atoms with Crippen LogP contribution in [0, 0.1) is 11.3 Å². The van der Waals surface area contributed by atoms with Crippen LogP contribution in [0.15, 0.2) is 30.3 Å². The Balaban J connectivity index is 1.59. The van der Waals surface area contributed by atoms with Crippen LogP contribution in [0.2, 0.25) is 0 Å². The molecule has 0 N–H and O–H groups in total. The van der Waals surface area contributed by atoms with E-state index in [2.05, 4.69) is 47.9 Å². The largest absolute Gasteiger partial charge is 0.299 e. The van der Waals surface area contributed by atoms with Gasteiger partial charge < -0.3 is 0 Å². The van der Waals surface area contributed by atoms with Crippen molar-refractivity contribution >= 4 is 12.6 Å². The summed E-state index contributed by atoms with van der Waals surface area (Å²) >= 11 is 4.48. The molecule has 1 aliphatic heterocycles. The summed E-state index contributed by atoms with van der Waals surface area (Å²) in [6, 6.07) is 10.9. The maximum absolute atomic E-state index is 4.48. The number of benzene rings is 1. The zero-order valence-corrected chi connectivity index (χ0v) is 11.9. The monoisotopic (exact) mass is 261 g/mol. The molecule has 1 heterocycles. The first-order chi connectivity index (χ1) is 8.80. The normalized spacial score (nSPS) is 32.4. The van der Waals surface area contributed by atoms with E-state index in [1.807, 2.05) is 0 Å². The Kier molecular flexibility index (Phi) is 3.67. The zero-order valence-electron chi connectivity index (χ0n) is 11.0. The molecule has 18 heavy (non-hydrogen) atoms. The average Bonchev–Trinajstić information content (AvgIpc) is 2.99. The maximum Gasteiger partial charge on any atom is 0.0233 e. The maximum atomic E-state index is 4.48. The summed E-state index contributed by atoms with van der Waals surface area (Å²) in [5.74, 6) is 1.96. The summed E-state index contributed by atoms with van der Waals surface area (Å²) in [6.07, 6.45) is 5.66. The van der Waals surface area contributed by atoms with Crippen LogP contribution in [-0.2, 0) is 6.54 Å². The highest BCUT2D eigenvalue weighted by molar-refractivity contribution is 7.80. The molecular formula is C16H23NS. The van der Waals surface area contributed by atoms with Gasteiger partial charge in [0.05, 0.1) is 0 Å². The van der Waals surface area contributed by atoms with Crippen molar-refractivity contribution in [2.24, 2.45) is 11.3 Å². The molecule has 1 aromatic rings. The molecule has 1 saturated carbocycles. The predicted molar refractivity (Wildman–Crippen MR) is 80.0 cm³/mol. The Morgan fingerprint density at radius 3 is 2.78 bits per heavy atom. The van der Waals surface area contributed by atoms with Crippen molar-refractivity contribution in [3.63, 3.8) is 0 Å². The highest BCUT2D eigenvalue weighted by atomic mass is 32.1. The molecule has 1 aliphatic carbocycles. The smallest absolute Gasteiger partial charge is 0.0233 e. The highest BCUT2D eigenvalue weighted by Crippen LogP contribution is 2.48. The topological polar surface area (TPSA) is 3.24 Å². The molecular weight excluding hydrogens is 238 g/mol. The third-order valence-electron chi connectivity index (χ3n) is 4.83. The standard InChI is InChI=1S/C16H23NS/c18-12-15-6-7-16(10-15)8-9-17(13-16)11-14-4-2-1-3-5-14/h1-5,15,18H,6-13H2/t15-,16-/m0/s1. The van der Waals surface area contributed by atoms with Crippen molar-refractivity contribution in [2.45, 2.75) is 32.2 Å². The van der Waals surface area contributed by atoms with Crippen molar-refractivity contribution in [1.82, 2.24) is 4.90 Å². The van der Waals surface area contributed by atoms with Crippen molar-refractivity contribution in [1.29, 1.82) is 0 Å². The van der Waals surface area contributed by atoms with E-state index in [4.69, 9.17) is 0 Å². The number of hydrogen-bond donors (Lipinski definition) is 1. The molecule has 2 atom stereocenters. The first-order valence-corrected chi connectivity index (χ1v) is 7.80. The fraction of sp³-hybridized carbons (Fsp3) is 0.625. The van der Waals surface area contributed by atoms with Crippen LogP contribution >= 0.6 is 12.6 Å². The van der Waals surface area contributed by atoms with Crippen LogP contribution < -0.4 is 0 Å². The molecule has 0 amide bonds. The molecule has 0 aromatic heterocycles. The lowest BCUT2D eigenvalue weighted by Crippen LogP contribution is -2.25. The first kappa shape index (κ1) is 12.6. The summed E-state index contributed by atoms with van der Waals surface area (Å²) in [5.41, 5.74) is 2.10. The number of rotatable bonds is 3. The Labute approximate surface area is 116 Å². The summed E-state index contributed by atoms with van der Waals surface area (Å²) in [6.45, 7) is 3.73. The van der Waals surface area contributed by atoms with E-state index in [0.717, 1.165) is 18.2 Å². The summed E-state index contributed by atoms with van der Waals surface area (Å²) in [4.78, 5) is 2.65. The predicted octanol–water partition coefficient (Wildman–Crippen LogP) is 3.61. The first-order valence-electron chi connectivity index (χ1n) is 7.17. The molecule has 1 aromatic carbocycles. The van der Waals surface area contributed by atoms with E-state index in [9.17, 15) is 0 Å². The number of likely N-dealkylation sites (tertiary alicyclic amines) is 1. The molecule has 98 valence electrons. The van der Waals surface area contributed by atoms with Gasteiger partial charge in [0.15, 0.2) is 0 Å². The van der Waals surface area contributed by atoms with Crippen LogP contribution in [0.3, 0.4) is 0 Å². The van der Waals surface area contributed by atoms with Gasteiger partial charge >= 0.3 is 0 Å². The lowest BCUT2D eigenvalue weighted by atomic mass is 9.85. The number of thiol groups is 1. The van der Waals surface area contributed by atoms with Gasteiger partial charge in [-0.25, -0.2) is 0 Å². The number of nitrogens with zero attached hydrogens (tertiary/aromatic N) is 1. The van der Waals surface area contributed by atoms with E-state index in [-0.39, 0.29) is 0 Å². The molecule has 1 saturated heterocycles. The minimum Gasteiger partial charge on any atom is -0.299 e. The summed E-state index contributed by atoms with van der Waals surface area (Å²) < 4.78 is 0. The summed E-state index contributed by atoms with van der Waals surface area (Å²) in [7, 11) is 0. The van der Waals surface area contributed by atoms with Gasteiger partial charge in [0.1, 0.15) is 0 Å². The van der Waals surface area contributed by atoms with Gasteiger partial charge in [-0.15, -0.1) is 0 Å². The third-order valence-corrected chi connectivity index (χ3v) is 5.35. The molecule has 2 heteroatoms. The fourth-order valence-electron chi connectivity index (χ4n) is 3.86. The van der Waals surface area contributed by atoms with Crippen LogP contribution in [-0.4, -0.2) is 23.7 Å². The van der Waals surface area contributed by atoms with Crippen LogP contribution in [0.1, 0.15) is 31.2 Å². The lowest BCUT2D eigenvalue weighted by Gasteiger charge is -2.24. The van der Waals surface area contributed by atoms with Gasteiger partial charge in [0, 0.05) is 13.1 Å². The third kappa shape index (κ3) is 2.60. The summed E-state index contributed by atoms with van der Waals surface area (Å²) in [5, 5.41) is 0. The number of hydrogen-bond acceptors (Lipinski definition) is 2. The van der Waals surface area contributed by atoms with Gasteiger partial charge in [-0.2, -0.15) is 12.6 Å². The van der Waals surface area contributed by atoms with Gasteiger partial charge in [-0.3, -0.25) is 4.90 Å². The Morgan fingerprint density at radius 1 is 1.22 bits per heavy atom. The molecule has 3 rings (SSSR count). The molecule has 0 radical (unpaired) electrons. The molecule has 0 bridgehead atoms. The van der Waals surface area contributed by atoms with E-state index < -0.39 is 0 Å². The van der Waals surface area contributed by atoms with Gasteiger partial charge in [0.25, 0.3) is 0 Å². The van der Waals surface area contributed by atoms with E-state index in [0.29, 0.717) is 5.41 Å². The van der Waals surface area contributed by atoms with Gasteiger partial charge in [-0.05, 0) is 54.9 Å². The Hall–Kier alpha value is -0.470. The molecule has 0 unspecified atom stereocenters. The van der Waals surface area contributed by atoms with Gasteiger partial charge in [0.2, 0.25) is 0 Å². The second-order valence-corrected chi connectivity index (χ2v) is 6.60. The zero-order chi connectivity index (χ0) is 12.4. The lowest BCUT2D eigenvalue weighted by molar-refractivity contribution is 0.251. The van der Waals surface area contributed by atoms with Crippen LogP contribution in [0.5, 0.6) is 0 Å². The van der Waals surface area contributed by atoms with Crippen molar-refractivity contribution in [3.8, 4) is 0 Å². The van der Waals surface area contributed by atoms with E-state index in [1.54, 1.807) is 0 Å². The Bertz CT molecular complexity index is 391. The van der Waals surface area contributed by atoms with Crippen molar-refractivity contribution in [3.05, 3.63) is 35.9 Å². The minimum atomic E-state index is 0.641. The second-order valence-electron chi connectivity index (χ2n) is 6.24. The minimum absolute atomic E-state index is 0.641. The van der Waals surface area contributed by atoms with Crippen molar-refractivity contribution < 1.29 is 0 Å². The molecule has 2 aliphatic rings. The molecule has 2 fully saturated rings. The van der Waals surface area contributed by atoms with Gasteiger partial charge in [-0.1, -0.05) is 30.3 Å². The molecule has 1 spiro atoms. The van der Waals surface area contributed by atoms with Crippen molar-refractivity contribution in [2.75, 3.05) is 18.8 Å². The van der Waals surface area contributed by atoms with E-state index >= 15 is 0 Å². The van der Waals surface area contributed by atoms with Crippen LogP contribution in [0.25, 0.3) is 0 Å². The highest BCUT2D eigenvalue weighted by Gasteiger charge is 2.43. The van der Waals surface area contributed by atoms with Crippen LogP contribution in [0.4, 0.5) is 0 Å². The quantitative estimate of drug-likeness (QED) is 0.814. The SMILES string of the molecule is SC[C@H]1CC[C@]2(CCN(Cc3ccccc3)C2)C1. The van der Waals surface area contributed by atoms with E-state index in [1.165, 1.54) is 44.3 Å². The molecule has 1 nitrogen and oxygen atoms in total. The average molecular weight is 261 g/mol. The second kappa shape index (κ2) is 5.26. The fourth-order valence-corrected chi connectivity index (χ4v) is 4.17. The Morgan fingerprint density at radius 2 is 2.06 bits per heavy atom.